The average molecular weight is 239 g/mol. The SMILES string of the molecule is O=C(O)[C@H](c1ccccc1F)N1CCOCC1. The first-order valence-corrected chi connectivity index (χ1v) is 5.49. The van der Waals surface area contributed by atoms with Gasteiger partial charge in [0, 0.05) is 18.7 Å². The number of carboxylic acids is 1. The highest BCUT2D eigenvalue weighted by Gasteiger charge is 2.30. The van der Waals surface area contributed by atoms with Crippen LogP contribution in [0.3, 0.4) is 0 Å². The van der Waals surface area contributed by atoms with E-state index in [-0.39, 0.29) is 5.56 Å². The van der Waals surface area contributed by atoms with Crippen LogP contribution in [0.1, 0.15) is 11.6 Å². The Bertz CT molecular complexity index is 404. The molecule has 0 aliphatic carbocycles. The Morgan fingerprint density at radius 1 is 1.35 bits per heavy atom. The summed E-state index contributed by atoms with van der Waals surface area (Å²) in [5.41, 5.74) is 0.210. The summed E-state index contributed by atoms with van der Waals surface area (Å²) in [6.07, 6.45) is 0. The van der Waals surface area contributed by atoms with Crippen LogP contribution in [0.4, 0.5) is 4.39 Å². The molecule has 1 heterocycles. The van der Waals surface area contributed by atoms with Crippen molar-refractivity contribution in [2.24, 2.45) is 0 Å². The van der Waals surface area contributed by atoms with Crippen LogP contribution in [0.2, 0.25) is 0 Å². The summed E-state index contributed by atoms with van der Waals surface area (Å²) in [4.78, 5) is 13.0. The predicted octanol–water partition coefficient (Wildman–Crippen LogP) is 1.28. The molecule has 4 nitrogen and oxygen atoms in total. The molecule has 0 unspecified atom stereocenters. The minimum absolute atomic E-state index is 0.210. The fourth-order valence-corrected chi connectivity index (χ4v) is 2.02. The van der Waals surface area contributed by atoms with Gasteiger partial charge in [-0.05, 0) is 6.07 Å². The zero-order chi connectivity index (χ0) is 12.3. The first-order chi connectivity index (χ1) is 8.20. The monoisotopic (exact) mass is 239 g/mol. The lowest BCUT2D eigenvalue weighted by atomic mass is 10.0. The van der Waals surface area contributed by atoms with Gasteiger partial charge in [0.25, 0.3) is 0 Å². The van der Waals surface area contributed by atoms with E-state index < -0.39 is 17.8 Å². The van der Waals surface area contributed by atoms with Crippen LogP contribution in [-0.4, -0.2) is 42.3 Å². The molecule has 1 aliphatic heterocycles. The minimum Gasteiger partial charge on any atom is -0.480 e. The number of hydrogen-bond donors (Lipinski definition) is 1. The van der Waals surface area contributed by atoms with E-state index in [4.69, 9.17) is 4.74 Å². The van der Waals surface area contributed by atoms with E-state index in [0.29, 0.717) is 26.3 Å². The first kappa shape index (κ1) is 12.0. The molecule has 1 aliphatic rings. The van der Waals surface area contributed by atoms with Crippen molar-refractivity contribution in [3.63, 3.8) is 0 Å². The van der Waals surface area contributed by atoms with Gasteiger partial charge in [-0.15, -0.1) is 0 Å². The molecule has 1 fully saturated rings. The van der Waals surface area contributed by atoms with Gasteiger partial charge in [-0.25, -0.2) is 4.39 Å². The van der Waals surface area contributed by atoms with Crippen molar-refractivity contribution in [3.8, 4) is 0 Å². The van der Waals surface area contributed by atoms with Gasteiger partial charge in [0.1, 0.15) is 11.9 Å². The lowest BCUT2D eigenvalue weighted by Crippen LogP contribution is -2.42. The molecule has 0 bridgehead atoms. The van der Waals surface area contributed by atoms with Gasteiger partial charge < -0.3 is 9.84 Å². The third kappa shape index (κ3) is 2.62. The number of aliphatic carboxylic acids is 1. The van der Waals surface area contributed by atoms with E-state index in [9.17, 15) is 14.3 Å². The standard InChI is InChI=1S/C12H14FNO3/c13-10-4-2-1-3-9(10)11(12(15)16)14-5-7-17-8-6-14/h1-4,11H,5-8H2,(H,15,16)/t11-/m0/s1. The molecule has 1 N–H and O–H groups in total. The van der Waals surface area contributed by atoms with Crippen LogP contribution >= 0.6 is 0 Å². The molecule has 92 valence electrons. The molecule has 1 atom stereocenters. The molecule has 5 heteroatoms. The lowest BCUT2D eigenvalue weighted by Gasteiger charge is -2.32. The molecule has 1 aromatic carbocycles. The Kier molecular flexibility index (Phi) is 3.71. The molecule has 2 rings (SSSR count). The normalized spacial score (nSPS) is 18.9. The molecule has 0 saturated carbocycles. The maximum atomic E-state index is 13.6. The summed E-state index contributed by atoms with van der Waals surface area (Å²) in [7, 11) is 0. The highest BCUT2D eigenvalue weighted by molar-refractivity contribution is 5.75. The van der Waals surface area contributed by atoms with E-state index in [1.807, 2.05) is 0 Å². The number of carboxylic acid groups (broad SMARTS) is 1. The summed E-state index contributed by atoms with van der Waals surface area (Å²) < 4.78 is 18.8. The van der Waals surface area contributed by atoms with Crippen LogP contribution in [0, 0.1) is 5.82 Å². The van der Waals surface area contributed by atoms with Gasteiger partial charge in [-0.1, -0.05) is 18.2 Å². The number of nitrogens with zero attached hydrogens (tertiary/aromatic N) is 1. The number of ether oxygens (including phenoxy) is 1. The van der Waals surface area contributed by atoms with Crippen molar-refractivity contribution in [1.29, 1.82) is 0 Å². The van der Waals surface area contributed by atoms with E-state index in [2.05, 4.69) is 0 Å². The second kappa shape index (κ2) is 5.25. The lowest BCUT2D eigenvalue weighted by molar-refractivity contribution is -0.145. The molecule has 0 spiro atoms. The molecular formula is C12H14FNO3. The zero-order valence-electron chi connectivity index (χ0n) is 9.30. The molecular weight excluding hydrogens is 225 g/mol. The van der Waals surface area contributed by atoms with E-state index in [1.165, 1.54) is 12.1 Å². The topological polar surface area (TPSA) is 49.8 Å². The number of morpholine rings is 1. The summed E-state index contributed by atoms with van der Waals surface area (Å²) in [5, 5.41) is 9.25. The Hall–Kier alpha value is -1.46. The number of hydrogen-bond acceptors (Lipinski definition) is 3. The summed E-state index contributed by atoms with van der Waals surface area (Å²) in [6.45, 7) is 1.98. The van der Waals surface area contributed by atoms with Crippen molar-refractivity contribution in [2.45, 2.75) is 6.04 Å². The third-order valence-electron chi connectivity index (χ3n) is 2.84. The van der Waals surface area contributed by atoms with Gasteiger partial charge in [-0.3, -0.25) is 9.69 Å². The Balaban J connectivity index is 2.28. The molecule has 0 amide bonds. The molecule has 1 saturated heterocycles. The van der Waals surface area contributed by atoms with Gasteiger partial charge in [0.05, 0.1) is 13.2 Å². The zero-order valence-corrected chi connectivity index (χ0v) is 9.30. The Labute approximate surface area is 98.6 Å². The average Bonchev–Trinajstić information content (AvgIpc) is 2.33. The molecule has 0 aromatic heterocycles. The van der Waals surface area contributed by atoms with E-state index >= 15 is 0 Å². The first-order valence-electron chi connectivity index (χ1n) is 5.49. The van der Waals surface area contributed by atoms with Crippen molar-refractivity contribution < 1.29 is 19.0 Å². The second-order valence-corrected chi connectivity index (χ2v) is 3.91. The molecule has 0 radical (unpaired) electrons. The van der Waals surface area contributed by atoms with Crippen molar-refractivity contribution in [3.05, 3.63) is 35.6 Å². The Morgan fingerprint density at radius 2 is 2.00 bits per heavy atom. The highest BCUT2D eigenvalue weighted by atomic mass is 19.1. The van der Waals surface area contributed by atoms with Crippen LogP contribution < -0.4 is 0 Å². The highest BCUT2D eigenvalue weighted by Crippen LogP contribution is 2.24. The van der Waals surface area contributed by atoms with Crippen LogP contribution in [0.25, 0.3) is 0 Å². The number of halogens is 1. The molecule has 17 heavy (non-hydrogen) atoms. The predicted molar refractivity (Wildman–Crippen MR) is 59.2 cm³/mol. The van der Waals surface area contributed by atoms with Crippen molar-refractivity contribution in [1.82, 2.24) is 4.90 Å². The largest absolute Gasteiger partial charge is 0.480 e. The summed E-state index contributed by atoms with van der Waals surface area (Å²) in [5.74, 6) is -1.51. The van der Waals surface area contributed by atoms with Crippen molar-refractivity contribution >= 4 is 5.97 Å². The third-order valence-corrected chi connectivity index (χ3v) is 2.84. The number of carbonyl (C=O) groups is 1. The quantitative estimate of drug-likeness (QED) is 0.863. The maximum Gasteiger partial charge on any atom is 0.325 e. The summed E-state index contributed by atoms with van der Waals surface area (Å²) >= 11 is 0. The van der Waals surface area contributed by atoms with Crippen LogP contribution in [-0.2, 0) is 9.53 Å². The van der Waals surface area contributed by atoms with Gasteiger partial charge in [0.15, 0.2) is 0 Å². The Morgan fingerprint density at radius 3 is 2.59 bits per heavy atom. The van der Waals surface area contributed by atoms with Gasteiger partial charge >= 0.3 is 5.97 Å². The van der Waals surface area contributed by atoms with Crippen LogP contribution in [0.5, 0.6) is 0 Å². The second-order valence-electron chi connectivity index (χ2n) is 3.91. The fourth-order valence-electron chi connectivity index (χ4n) is 2.02. The summed E-state index contributed by atoms with van der Waals surface area (Å²) in [6, 6.07) is 5.07. The van der Waals surface area contributed by atoms with Gasteiger partial charge in [0.2, 0.25) is 0 Å². The minimum atomic E-state index is -1.03. The van der Waals surface area contributed by atoms with Crippen molar-refractivity contribution in [2.75, 3.05) is 26.3 Å². The van der Waals surface area contributed by atoms with E-state index in [1.54, 1.807) is 17.0 Å². The van der Waals surface area contributed by atoms with E-state index in [0.717, 1.165) is 0 Å². The number of benzene rings is 1. The fraction of sp³-hybridized carbons (Fsp3) is 0.417. The van der Waals surface area contributed by atoms with Gasteiger partial charge in [-0.2, -0.15) is 0 Å². The smallest absolute Gasteiger partial charge is 0.325 e. The molecule has 1 aromatic rings. The maximum absolute atomic E-state index is 13.6. The number of rotatable bonds is 3. The van der Waals surface area contributed by atoms with Crippen LogP contribution in [0.15, 0.2) is 24.3 Å².